The quantitative estimate of drug-likeness (QED) is 0.313. The molecule has 2 aliphatic rings. The van der Waals surface area contributed by atoms with Gasteiger partial charge < -0.3 is 20.4 Å². The lowest BCUT2D eigenvalue weighted by molar-refractivity contribution is -0.133. The van der Waals surface area contributed by atoms with Gasteiger partial charge in [0.1, 0.15) is 16.4 Å². The monoisotopic (exact) mass is 602 g/mol. The van der Waals surface area contributed by atoms with Crippen LogP contribution in [0.15, 0.2) is 42.6 Å². The molecular weight excluding hydrogens is 560 g/mol. The molecule has 2 fully saturated rings. The average Bonchev–Trinajstić information content (AvgIpc) is 3.40. The van der Waals surface area contributed by atoms with Crippen LogP contribution in [-0.2, 0) is 10.2 Å². The molecule has 0 radical (unpaired) electrons. The van der Waals surface area contributed by atoms with Gasteiger partial charge in [-0.05, 0) is 86.9 Å². The van der Waals surface area contributed by atoms with Crippen LogP contribution in [0.4, 0.5) is 21.3 Å². The van der Waals surface area contributed by atoms with Crippen molar-refractivity contribution in [3.63, 3.8) is 0 Å². The summed E-state index contributed by atoms with van der Waals surface area (Å²) in [6.45, 7) is 14.6. The van der Waals surface area contributed by atoms with Crippen LogP contribution in [-0.4, -0.2) is 59.4 Å². The summed E-state index contributed by atoms with van der Waals surface area (Å²) in [5.41, 5.74) is 2.84. The molecule has 10 heteroatoms. The number of aryl methyl sites for hydroxylation is 1. The number of urea groups is 1. The second-order valence-electron chi connectivity index (χ2n) is 12.9. The number of piperazine rings is 1. The van der Waals surface area contributed by atoms with E-state index in [1.54, 1.807) is 18.7 Å². The highest BCUT2D eigenvalue weighted by Crippen LogP contribution is 2.38. The smallest absolute Gasteiger partial charge is 0.324 e. The Hall–Kier alpha value is -3.92. The zero-order valence-corrected chi connectivity index (χ0v) is 26.8. The molecule has 0 unspecified atom stereocenters. The molecule has 0 spiro atoms. The number of anilines is 3. The minimum absolute atomic E-state index is 0.197. The Morgan fingerprint density at radius 1 is 1.00 bits per heavy atom. The van der Waals surface area contributed by atoms with Crippen molar-refractivity contribution in [3.05, 3.63) is 58.6 Å². The molecule has 43 heavy (non-hydrogen) atoms. The van der Waals surface area contributed by atoms with Crippen molar-refractivity contribution >= 4 is 45.7 Å². The number of hydrogen-bond donors (Lipinski definition) is 3. The fraction of sp³-hybridized carbons (Fsp3) is 0.455. The van der Waals surface area contributed by atoms with Crippen molar-refractivity contribution in [1.29, 1.82) is 0 Å². The molecule has 2 aromatic heterocycles. The van der Waals surface area contributed by atoms with Gasteiger partial charge in [-0.1, -0.05) is 26.8 Å². The number of hydrogen-bond acceptors (Lipinski definition) is 6. The summed E-state index contributed by atoms with van der Waals surface area (Å²) >= 11 is 1.38. The third kappa shape index (κ3) is 6.54. The Bertz CT molecular complexity index is 1520. The molecule has 228 valence electrons. The molecule has 3 N–H and O–H groups in total. The van der Waals surface area contributed by atoms with Crippen LogP contribution in [0.1, 0.15) is 74.7 Å². The van der Waals surface area contributed by atoms with E-state index in [4.69, 9.17) is 4.98 Å². The van der Waals surface area contributed by atoms with Gasteiger partial charge in [-0.3, -0.25) is 14.9 Å². The number of benzene rings is 1. The molecule has 4 heterocycles. The Kier molecular flexibility index (Phi) is 8.51. The van der Waals surface area contributed by atoms with Crippen molar-refractivity contribution in [2.75, 3.05) is 41.7 Å². The lowest BCUT2D eigenvalue weighted by Gasteiger charge is -2.41. The Balaban J connectivity index is 1.35. The lowest BCUT2D eigenvalue weighted by atomic mass is 9.93. The molecule has 2 aliphatic heterocycles. The minimum Gasteiger partial charge on any atom is -0.357 e. The molecule has 0 atom stereocenters. The standard InChI is InChI=1S/C33H42N6O3S/c1-21-10-12-23(18-24(21)22-11-13-27(35-20-22)38-15-8-7-9-16-38)36-31(42)37-28-25(19-26(43-28)32(2,3)4)29(40)39-17-14-34-30(41)33(39,5)6/h10-13,18-20H,7-9,14-17H2,1-6H3,(H,34,41)(H2,36,37,42). The molecular formula is C33H42N6O3S. The van der Waals surface area contributed by atoms with Gasteiger partial charge in [0.15, 0.2) is 0 Å². The van der Waals surface area contributed by atoms with Gasteiger partial charge in [0, 0.05) is 48.5 Å². The Labute approximate surface area is 258 Å². The molecule has 5 rings (SSSR count). The minimum atomic E-state index is -1.00. The summed E-state index contributed by atoms with van der Waals surface area (Å²) < 4.78 is 0. The number of rotatable bonds is 5. The number of carbonyl (C=O) groups excluding carboxylic acids is 3. The molecule has 0 bridgehead atoms. The number of pyridine rings is 1. The largest absolute Gasteiger partial charge is 0.357 e. The Morgan fingerprint density at radius 2 is 1.74 bits per heavy atom. The van der Waals surface area contributed by atoms with Gasteiger partial charge in [0.25, 0.3) is 5.91 Å². The number of nitrogens with zero attached hydrogens (tertiary/aromatic N) is 3. The first kappa shape index (κ1) is 30.5. The zero-order valence-electron chi connectivity index (χ0n) is 26.0. The first-order chi connectivity index (χ1) is 20.3. The fourth-order valence-electron chi connectivity index (χ4n) is 5.54. The molecule has 0 saturated carbocycles. The van der Waals surface area contributed by atoms with Gasteiger partial charge >= 0.3 is 6.03 Å². The Morgan fingerprint density at radius 3 is 2.42 bits per heavy atom. The first-order valence-electron chi connectivity index (χ1n) is 15.0. The van der Waals surface area contributed by atoms with Crippen LogP contribution < -0.4 is 20.9 Å². The first-order valence-corrected chi connectivity index (χ1v) is 15.8. The van der Waals surface area contributed by atoms with Crippen molar-refractivity contribution < 1.29 is 14.4 Å². The van der Waals surface area contributed by atoms with Gasteiger partial charge in [0.05, 0.1) is 5.56 Å². The molecule has 2 saturated heterocycles. The topological polar surface area (TPSA) is 107 Å². The summed E-state index contributed by atoms with van der Waals surface area (Å²) in [7, 11) is 0. The third-order valence-electron chi connectivity index (χ3n) is 8.26. The van der Waals surface area contributed by atoms with Crippen molar-refractivity contribution in [2.45, 2.75) is 71.8 Å². The van der Waals surface area contributed by atoms with E-state index < -0.39 is 11.6 Å². The highest BCUT2D eigenvalue weighted by molar-refractivity contribution is 7.16. The van der Waals surface area contributed by atoms with Gasteiger partial charge in [0.2, 0.25) is 5.91 Å². The number of amides is 4. The van der Waals surface area contributed by atoms with Crippen LogP contribution in [0.2, 0.25) is 0 Å². The number of piperidine rings is 1. The summed E-state index contributed by atoms with van der Waals surface area (Å²) in [6, 6.07) is 11.3. The molecule has 3 aromatic rings. The third-order valence-corrected chi connectivity index (χ3v) is 9.74. The van der Waals surface area contributed by atoms with Gasteiger partial charge in [-0.25, -0.2) is 9.78 Å². The molecule has 0 aliphatic carbocycles. The summed E-state index contributed by atoms with van der Waals surface area (Å²) in [6.07, 6.45) is 5.57. The van der Waals surface area contributed by atoms with E-state index in [1.165, 1.54) is 30.6 Å². The van der Waals surface area contributed by atoms with Crippen molar-refractivity contribution in [2.24, 2.45) is 0 Å². The van der Waals surface area contributed by atoms with Crippen LogP contribution in [0, 0.1) is 6.92 Å². The second-order valence-corrected chi connectivity index (χ2v) is 14.0. The van der Waals surface area contributed by atoms with E-state index in [0.29, 0.717) is 29.3 Å². The van der Waals surface area contributed by atoms with Crippen molar-refractivity contribution in [3.8, 4) is 11.1 Å². The summed E-state index contributed by atoms with van der Waals surface area (Å²) in [4.78, 5) is 49.3. The highest BCUT2D eigenvalue weighted by atomic mass is 32.1. The molecule has 9 nitrogen and oxygen atoms in total. The van der Waals surface area contributed by atoms with E-state index in [9.17, 15) is 14.4 Å². The van der Waals surface area contributed by atoms with E-state index >= 15 is 0 Å². The van der Waals surface area contributed by atoms with Gasteiger partial charge in [-0.15, -0.1) is 11.3 Å². The number of nitrogens with one attached hydrogen (secondary N) is 3. The van der Waals surface area contributed by atoms with E-state index in [0.717, 1.165) is 40.5 Å². The maximum atomic E-state index is 13.8. The lowest BCUT2D eigenvalue weighted by Crippen LogP contribution is -2.63. The maximum Gasteiger partial charge on any atom is 0.324 e. The number of thiophene rings is 1. The van der Waals surface area contributed by atoms with Crippen LogP contribution in [0.3, 0.4) is 0 Å². The second kappa shape index (κ2) is 12.0. The fourth-order valence-corrected chi connectivity index (χ4v) is 6.65. The SMILES string of the molecule is Cc1ccc(NC(=O)Nc2sc(C(C)(C)C)cc2C(=O)N2CCNC(=O)C2(C)C)cc1-c1ccc(N2CCCCC2)nc1. The number of aromatic nitrogens is 1. The average molecular weight is 603 g/mol. The highest BCUT2D eigenvalue weighted by Gasteiger charge is 2.42. The maximum absolute atomic E-state index is 13.8. The predicted octanol–water partition coefficient (Wildman–Crippen LogP) is 6.40. The van der Waals surface area contributed by atoms with E-state index in [2.05, 4.69) is 53.8 Å². The van der Waals surface area contributed by atoms with E-state index in [-0.39, 0.29) is 17.2 Å². The van der Waals surface area contributed by atoms with Gasteiger partial charge in [-0.2, -0.15) is 0 Å². The molecule has 4 amide bonds. The van der Waals surface area contributed by atoms with Crippen LogP contribution in [0.25, 0.3) is 11.1 Å². The summed E-state index contributed by atoms with van der Waals surface area (Å²) in [5.74, 6) is 0.524. The van der Waals surface area contributed by atoms with Crippen LogP contribution in [0.5, 0.6) is 0 Å². The number of carbonyl (C=O) groups is 3. The van der Waals surface area contributed by atoms with E-state index in [1.807, 2.05) is 37.4 Å². The van der Waals surface area contributed by atoms with Crippen molar-refractivity contribution in [1.82, 2.24) is 15.2 Å². The normalized spacial score (nSPS) is 16.9. The predicted molar refractivity (Wildman–Crippen MR) is 174 cm³/mol. The van der Waals surface area contributed by atoms with Crippen LogP contribution >= 0.6 is 11.3 Å². The summed E-state index contributed by atoms with van der Waals surface area (Å²) in [5, 5.41) is 9.17. The molecule has 1 aromatic carbocycles. The zero-order chi connectivity index (χ0) is 30.9.